The van der Waals surface area contributed by atoms with Crippen molar-refractivity contribution >= 4 is 23.3 Å². The van der Waals surface area contributed by atoms with E-state index in [1.807, 2.05) is 24.3 Å². The molecule has 3 rings (SSSR count). The van der Waals surface area contributed by atoms with E-state index in [0.717, 1.165) is 18.6 Å². The summed E-state index contributed by atoms with van der Waals surface area (Å²) in [6.45, 7) is 0. The van der Waals surface area contributed by atoms with Crippen LogP contribution in [0.3, 0.4) is 0 Å². The van der Waals surface area contributed by atoms with Crippen molar-refractivity contribution in [2.45, 2.75) is 31.8 Å². The first kappa shape index (κ1) is 16.8. The summed E-state index contributed by atoms with van der Waals surface area (Å²) in [6.07, 6.45) is 4.87. The Morgan fingerprint density at radius 1 is 0.960 bits per heavy atom. The highest BCUT2D eigenvalue weighted by Gasteiger charge is 2.16. The molecule has 2 aromatic carbocycles. The molecular weight excluding hydrogens is 318 g/mol. The number of benzene rings is 2. The molecule has 0 atom stereocenters. The number of ether oxygens (including phenoxy) is 1. The molecule has 0 aliphatic heterocycles. The van der Waals surface area contributed by atoms with Gasteiger partial charge in [0.2, 0.25) is 0 Å². The third kappa shape index (κ3) is 4.73. The molecular formula is C19H21N3O3. The summed E-state index contributed by atoms with van der Waals surface area (Å²) in [5.41, 5.74) is 6.76. The topological polar surface area (TPSA) is 93.5 Å². The monoisotopic (exact) mass is 339 g/mol. The lowest BCUT2D eigenvalue weighted by molar-refractivity contribution is 0.102. The number of rotatable bonds is 5. The highest BCUT2D eigenvalue weighted by molar-refractivity contribution is 6.04. The van der Waals surface area contributed by atoms with Crippen LogP contribution >= 0.6 is 0 Å². The Morgan fingerprint density at radius 2 is 1.68 bits per heavy atom. The van der Waals surface area contributed by atoms with Crippen molar-refractivity contribution in [1.29, 1.82) is 0 Å². The molecule has 0 heterocycles. The van der Waals surface area contributed by atoms with Crippen LogP contribution < -0.4 is 21.1 Å². The molecule has 0 bridgehead atoms. The molecule has 25 heavy (non-hydrogen) atoms. The zero-order chi connectivity index (χ0) is 17.6. The van der Waals surface area contributed by atoms with Gasteiger partial charge in [-0.05, 0) is 62.1 Å². The maximum absolute atomic E-state index is 12.3. The summed E-state index contributed by atoms with van der Waals surface area (Å²) >= 11 is 0. The summed E-state index contributed by atoms with van der Waals surface area (Å²) in [7, 11) is 0. The van der Waals surface area contributed by atoms with Gasteiger partial charge in [-0.25, -0.2) is 4.79 Å². The standard InChI is InChI=1S/C19H21N3O3/c20-19(24)22-14-10-8-13(9-11-14)18(23)21-15-4-3-7-17(12-15)25-16-5-1-2-6-16/h3-4,7-12,16H,1-2,5-6H2,(H,21,23)(H3,20,22,24). The molecule has 1 aliphatic carbocycles. The molecule has 1 saturated carbocycles. The first-order valence-corrected chi connectivity index (χ1v) is 8.35. The van der Waals surface area contributed by atoms with Crippen molar-refractivity contribution in [3.63, 3.8) is 0 Å². The van der Waals surface area contributed by atoms with E-state index in [0.29, 0.717) is 16.9 Å². The summed E-state index contributed by atoms with van der Waals surface area (Å²) in [6, 6.07) is 13.3. The first-order valence-electron chi connectivity index (χ1n) is 8.35. The summed E-state index contributed by atoms with van der Waals surface area (Å²) in [5.74, 6) is 0.536. The van der Waals surface area contributed by atoms with Gasteiger partial charge in [0.15, 0.2) is 0 Å². The van der Waals surface area contributed by atoms with Gasteiger partial charge in [-0.3, -0.25) is 4.79 Å². The summed E-state index contributed by atoms with van der Waals surface area (Å²) < 4.78 is 5.95. The lowest BCUT2D eigenvalue weighted by Gasteiger charge is -2.14. The van der Waals surface area contributed by atoms with E-state index in [-0.39, 0.29) is 12.0 Å². The lowest BCUT2D eigenvalue weighted by atomic mass is 10.2. The van der Waals surface area contributed by atoms with Crippen molar-refractivity contribution < 1.29 is 14.3 Å². The number of primary amides is 1. The molecule has 0 radical (unpaired) electrons. The second kappa shape index (κ2) is 7.70. The Kier molecular flexibility index (Phi) is 5.18. The average molecular weight is 339 g/mol. The minimum absolute atomic E-state index is 0.233. The minimum Gasteiger partial charge on any atom is -0.490 e. The number of carbonyl (C=O) groups excluding carboxylic acids is 2. The third-order valence-electron chi connectivity index (χ3n) is 4.11. The number of carbonyl (C=O) groups is 2. The fraction of sp³-hybridized carbons (Fsp3) is 0.263. The van der Waals surface area contributed by atoms with Gasteiger partial charge >= 0.3 is 6.03 Å². The lowest BCUT2D eigenvalue weighted by Crippen LogP contribution is -2.19. The molecule has 1 aliphatic rings. The molecule has 0 spiro atoms. The second-order valence-electron chi connectivity index (χ2n) is 6.07. The van der Waals surface area contributed by atoms with Crippen LogP contribution in [0.1, 0.15) is 36.0 Å². The van der Waals surface area contributed by atoms with Crippen LogP contribution in [0.5, 0.6) is 5.75 Å². The zero-order valence-corrected chi connectivity index (χ0v) is 13.8. The van der Waals surface area contributed by atoms with E-state index in [1.165, 1.54) is 12.8 Å². The van der Waals surface area contributed by atoms with E-state index in [1.54, 1.807) is 24.3 Å². The quantitative estimate of drug-likeness (QED) is 0.774. The fourth-order valence-corrected chi connectivity index (χ4v) is 2.90. The van der Waals surface area contributed by atoms with Crippen molar-refractivity contribution in [1.82, 2.24) is 0 Å². The van der Waals surface area contributed by atoms with Crippen LogP contribution in [0.4, 0.5) is 16.2 Å². The fourth-order valence-electron chi connectivity index (χ4n) is 2.90. The van der Waals surface area contributed by atoms with Crippen molar-refractivity contribution in [3.05, 3.63) is 54.1 Å². The maximum atomic E-state index is 12.3. The van der Waals surface area contributed by atoms with Gasteiger partial charge < -0.3 is 21.1 Å². The molecule has 1 fully saturated rings. The number of hydrogen-bond donors (Lipinski definition) is 3. The third-order valence-corrected chi connectivity index (χ3v) is 4.11. The normalized spacial score (nSPS) is 14.1. The van der Waals surface area contributed by atoms with Crippen LogP contribution in [-0.2, 0) is 0 Å². The van der Waals surface area contributed by atoms with E-state index < -0.39 is 6.03 Å². The molecule has 0 aromatic heterocycles. The molecule has 3 amide bonds. The van der Waals surface area contributed by atoms with Crippen LogP contribution in [-0.4, -0.2) is 18.0 Å². The predicted octanol–water partition coefficient (Wildman–Crippen LogP) is 3.75. The van der Waals surface area contributed by atoms with Gasteiger partial charge in [0, 0.05) is 23.0 Å². The zero-order valence-electron chi connectivity index (χ0n) is 13.8. The highest BCUT2D eigenvalue weighted by atomic mass is 16.5. The Balaban J connectivity index is 1.63. The number of amides is 3. The Bertz CT molecular complexity index is 753. The maximum Gasteiger partial charge on any atom is 0.316 e. The van der Waals surface area contributed by atoms with Gasteiger partial charge in [0.1, 0.15) is 5.75 Å². The Morgan fingerprint density at radius 3 is 2.36 bits per heavy atom. The van der Waals surface area contributed by atoms with Crippen molar-refractivity contribution in [2.75, 3.05) is 10.6 Å². The van der Waals surface area contributed by atoms with E-state index in [2.05, 4.69) is 10.6 Å². The van der Waals surface area contributed by atoms with Gasteiger partial charge in [-0.1, -0.05) is 6.07 Å². The molecule has 6 heteroatoms. The van der Waals surface area contributed by atoms with Gasteiger partial charge in [0.25, 0.3) is 5.91 Å². The van der Waals surface area contributed by atoms with Crippen LogP contribution in [0.2, 0.25) is 0 Å². The van der Waals surface area contributed by atoms with Gasteiger partial charge in [0.05, 0.1) is 6.10 Å². The highest BCUT2D eigenvalue weighted by Crippen LogP contribution is 2.26. The van der Waals surface area contributed by atoms with Crippen molar-refractivity contribution in [2.24, 2.45) is 5.73 Å². The number of anilines is 2. The van der Waals surface area contributed by atoms with E-state index in [4.69, 9.17) is 10.5 Å². The average Bonchev–Trinajstić information content (AvgIpc) is 3.08. The Hall–Kier alpha value is -3.02. The molecule has 0 unspecified atom stereocenters. The minimum atomic E-state index is -0.642. The van der Waals surface area contributed by atoms with Crippen LogP contribution in [0, 0.1) is 0 Å². The molecule has 2 aromatic rings. The molecule has 130 valence electrons. The SMILES string of the molecule is NC(=O)Nc1ccc(C(=O)Nc2cccc(OC3CCCC3)c2)cc1. The predicted molar refractivity (Wildman–Crippen MR) is 96.9 cm³/mol. The number of urea groups is 1. The number of nitrogens with one attached hydrogen (secondary N) is 2. The van der Waals surface area contributed by atoms with Gasteiger partial charge in [-0.2, -0.15) is 0 Å². The number of nitrogens with two attached hydrogens (primary N) is 1. The molecule has 0 saturated heterocycles. The van der Waals surface area contributed by atoms with Crippen LogP contribution in [0.15, 0.2) is 48.5 Å². The largest absolute Gasteiger partial charge is 0.490 e. The number of hydrogen-bond acceptors (Lipinski definition) is 3. The smallest absolute Gasteiger partial charge is 0.316 e. The summed E-state index contributed by atoms with van der Waals surface area (Å²) in [5, 5.41) is 5.31. The summed E-state index contributed by atoms with van der Waals surface area (Å²) in [4.78, 5) is 23.1. The van der Waals surface area contributed by atoms with E-state index in [9.17, 15) is 9.59 Å². The second-order valence-corrected chi connectivity index (χ2v) is 6.07. The molecule has 4 N–H and O–H groups in total. The van der Waals surface area contributed by atoms with Crippen LogP contribution in [0.25, 0.3) is 0 Å². The molecule has 6 nitrogen and oxygen atoms in total. The Labute approximate surface area is 146 Å². The first-order chi connectivity index (χ1) is 12.1. The van der Waals surface area contributed by atoms with Gasteiger partial charge in [-0.15, -0.1) is 0 Å². The van der Waals surface area contributed by atoms with E-state index >= 15 is 0 Å². The van der Waals surface area contributed by atoms with Crippen molar-refractivity contribution in [3.8, 4) is 5.75 Å².